The van der Waals surface area contributed by atoms with Crippen molar-refractivity contribution >= 4 is 23.5 Å². The topological polar surface area (TPSA) is 75.6 Å². The van der Waals surface area contributed by atoms with Gasteiger partial charge in [-0.3, -0.25) is 4.79 Å². The molecule has 1 fully saturated rings. The van der Waals surface area contributed by atoms with Crippen LogP contribution in [0.3, 0.4) is 0 Å². The third kappa shape index (κ3) is 2.54. The zero-order valence-corrected chi connectivity index (χ0v) is 10.5. The van der Waals surface area contributed by atoms with E-state index in [4.69, 9.17) is 21.4 Å². The predicted molar refractivity (Wildman–Crippen MR) is 64.7 cm³/mol. The average Bonchev–Trinajstić information content (AvgIpc) is 2.82. The number of halogens is 2. The number of amides is 1. The van der Waals surface area contributed by atoms with Gasteiger partial charge in [0.25, 0.3) is 5.91 Å². The van der Waals surface area contributed by atoms with Crippen LogP contribution < -0.4 is 5.32 Å². The molecule has 0 spiro atoms. The van der Waals surface area contributed by atoms with Crippen molar-refractivity contribution in [2.45, 2.75) is 12.0 Å². The fourth-order valence-corrected chi connectivity index (χ4v) is 2.02. The Balaban J connectivity index is 2.25. The number of carboxylic acids is 1. The first-order valence-electron chi connectivity index (χ1n) is 5.54. The Bertz CT molecular complexity index is 528. The van der Waals surface area contributed by atoms with Gasteiger partial charge in [-0.05, 0) is 12.1 Å². The Labute approximate surface area is 113 Å². The number of hydrogen-bond donors (Lipinski definition) is 2. The quantitative estimate of drug-likeness (QED) is 0.882. The van der Waals surface area contributed by atoms with E-state index in [1.807, 2.05) is 0 Å². The van der Waals surface area contributed by atoms with Crippen molar-refractivity contribution in [3.63, 3.8) is 0 Å². The first kappa shape index (κ1) is 13.8. The van der Waals surface area contributed by atoms with Gasteiger partial charge < -0.3 is 15.2 Å². The second-order valence-corrected chi connectivity index (χ2v) is 4.65. The first-order chi connectivity index (χ1) is 8.96. The summed E-state index contributed by atoms with van der Waals surface area (Å²) in [7, 11) is 0. The molecule has 5 nitrogen and oxygen atoms in total. The molecule has 1 aliphatic rings. The third-order valence-electron chi connectivity index (χ3n) is 2.98. The van der Waals surface area contributed by atoms with Crippen LogP contribution in [0.15, 0.2) is 18.2 Å². The highest BCUT2D eigenvalue weighted by molar-refractivity contribution is 6.31. The van der Waals surface area contributed by atoms with Crippen LogP contribution in [0, 0.1) is 5.82 Å². The van der Waals surface area contributed by atoms with E-state index < -0.39 is 23.2 Å². The molecule has 0 aliphatic carbocycles. The lowest BCUT2D eigenvalue weighted by Crippen LogP contribution is -2.55. The van der Waals surface area contributed by atoms with Crippen LogP contribution in [0.1, 0.15) is 16.8 Å². The van der Waals surface area contributed by atoms with Gasteiger partial charge in [-0.25, -0.2) is 9.18 Å². The Kier molecular flexibility index (Phi) is 3.73. The maximum absolute atomic E-state index is 13.7. The smallest absolute Gasteiger partial charge is 0.331 e. The number of nitrogens with one attached hydrogen (secondary N) is 1. The highest BCUT2D eigenvalue weighted by Crippen LogP contribution is 2.22. The van der Waals surface area contributed by atoms with E-state index in [2.05, 4.69) is 5.32 Å². The van der Waals surface area contributed by atoms with Gasteiger partial charge in [-0.1, -0.05) is 17.7 Å². The van der Waals surface area contributed by atoms with Crippen molar-refractivity contribution in [2.75, 3.05) is 13.2 Å². The molecule has 1 amide bonds. The summed E-state index contributed by atoms with van der Waals surface area (Å²) in [4.78, 5) is 23.2. The van der Waals surface area contributed by atoms with Crippen LogP contribution in [0.25, 0.3) is 0 Å². The number of hydrogen-bond acceptors (Lipinski definition) is 3. The maximum Gasteiger partial charge on any atom is 0.331 e. The van der Waals surface area contributed by atoms with Gasteiger partial charge in [0.15, 0.2) is 11.4 Å². The van der Waals surface area contributed by atoms with E-state index in [0.717, 1.165) is 0 Å². The summed E-state index contributed by atoms with van der Waals surface area (Å²) in [6.45, 7) is 0.0842. The summed E-state index contributed by atoms with van der Waals surface area (Å²) in [5.74, 6) is -2.91. The molecule has 19 heavy (non-hydrogen) atoms. The molecule has 102 valence electrons. The van der Waals surface area contributed by atoms with Crippen molar-refractivity contribution in [3.8, 4) is 0 Å². The van der Waals surface area contributed by atoms with Crippen molar-refractivity contribution < 1.29 is 23.8 Å². The largest absolute Gasteiger partial charge is 0.479 e. The zero-order chi connectivity index (χ0) is 14.0. The van der Waals surface area contributed by atoms with Crippen molar-refractivity contribution in [2.24, 2.45) is 0 Å². The summed E-state index contributed by atoms with van der Waals surface area (Å²) < 4.78 is 18.7. The average molecular weight is 288 g/mol. The first-order valence-corrected chi connectivity index (χ1v) is 5.92. The number of aliphatic carboxylic acids is 1. The molecular weight excluding hydrogens is 277 g/mol. The molecule has 0 radical (unpaired) electrons. The fourth-order valence-electron chi connectivity index (χ4n) is 1.85. The van der Waals surface area contributed by atoms with E-state index in [9.17, 15) is 14.0 Å². The lowest BCUT2D eigenvalue weighted by atomic mass is 9.98. The van der Waals surface area contributed by atoms with E-state index in [1.165, 1.54) is 18.2 Å². The van der Waals surface area contributed by atoms with Crippen LogP contribution in [0.4, 0.5) is 4.39 Å². The summed E-state index contributed by atoms with van der Waals surface area (Å²) in [5, 5.41) is 11.3. The van der Waals surface area contributed by atoms with Crippen LogP contribution in [-0.4, -0.2) is 35.7 Å². The van der Waals surface area contributed by atoms with Gasteiger partial charge in [0.1, 0.15) is 0 Å². The van der Waals surface area contributed by atoms with Crippen LogP contribution in [0.5, 0.6) is 0 Å². The Morgan fingerprint density at radius 2 is 2.21 bits per heavy atom. The molecule has 0 bridgehead atoms. The number of benzene rings is 1. The van der Waals surface area contributed by atoms with Crippen molar-refractivity contribution in [1.82, 2.24) is 5.32 Å². The van der Waals surface area contributed by atoms with Gasteiger partial charge in [-0.2, -0.15) is 0 Å². The SMILES string of the molecule is O=C(NC1(C(=O)O)CCOC1)c1cccc(Cl)c1F. The Morgan fingerprint density at radius 1 is 1.47 bits per heavy atom. The number of carboxylic acid groups (broad SMARTS) is 1. The monoisotopic (exact) mass is 287 g/mol. The van der Waals surface area contributed by atoms with Gasteiger partial charge in [0.2, 0.25) is 0 Å². The Morgan fingerprint density at radius 3 is 2.79 bits per heavy atom. The van der Waals surface area contributed by atoms with Gasteiger partial charge in [0.05, 0.1) is 17.2 Å². The number of carbonyl (C=O) groups is 2. The van der Waals surface area contributed by atoms with E-state index in [1.54, 1.807) is 0 Å². The number of ether oxygens (including phenoxy) is 1. The second kappa shape index (κ2) is 5.14. The maximum atomic E-state index is 13.7. The van der Waals surface area contributed by atoms with E-state index in [0.29, 0.717) is 0 Å². The lowest BCUT2D eigenvalue weighted by molar-refractivity contribution is -0.144. The molecule has 1 aliphatic heterocycles. The summed E-state index contributed by atoms with van der Waals surface area (Å²) in [5.41, 5.74) is -1.80. The molecule has 0 aromatic heterocycles. The molecule has 1 aromatic carbocycles. The normalized spacial score (nSPS) is 22.2. The van der Waals surface area contributed by atoms with Crippen molar-refractivity contribution in [3.05, 3.63) is 34.6 Å². The molecule has 1 unspecified atom stereocenters. The highest BCUT2D eigenvalue weighted by atomic mass is 35.5. The van der Waals surface area contributed by atoms with Gasteiger partial charge in [-0.15, -0.1) is 0 Å². The van der Waals surface area contributed by atoms with E-state index in [-0.39, 0.29) is 30.2 Å². The molecule has 1 saturated heterocycles. The fraction of sp³-hybridized carbons (Fsp3) is 0.333. The molecule has 2 N–H and O–H groups in total. The molecule has 2 rings (SSSR count). The summed E-state index contributed by atoms with van der Waals surface area (Å²) in [6, 6.07) is 3.96. The van der Waals surface area contributed by atoms with E-state index >= 15 is 0 Å². The number of carbonyl (C=O) groups excluding carboxylic acids is 1. The molecule has 1 heterocycles. The molecule has 7 heteroatoms. The van der Waals surface area contributed by atoms with Gasteiger partial charge >= 0.3 is 5.97 Å². The zero-order valence-electron chi connectivity index (χ0n) is 9.78. The third-order valence-corrected chi connectivity index (χ3v) is 3.27. The molecule has 1 atom stereocenters. The van der Waals surface area contributed by atoms with Crippen LogP contribution >= 0.6 is 11.6 Å². The minimum absolute atomic E-state index is 0.135. The molecule has 1 aromatic rings. The van der Waals surface area contributed by atoms with Crippen molar-refractivity contribution in [1.29, 1.82) is 0 Å². The number of rotatable bonds is 3. The Hall–Kier alpha value is -1.66. The summed E-state index contributed by atoms with van der Waals surface area (Å²) in [6.07, 6.45) is 0.135. The van der Waals surface area contributed by atoms with Crippen LogP contribution in [0.2, 0.25) is 5.02 Å². The minimum Gasteiger partial charge on any atom is -0.479 e. The predicted octanol–water partition coefficient (Wildman–Crippen LogP) is 1.45. The standard InChI is InChI=1S/C12H11ClFNO4/c13-8-3-1-2-7(9(8)14)10(16)15-12(11(17)18)4-5-19-6-12/h1-3H,4-6H2,(H,15,16)(H,17,18). The minimum atomic E-state index is -1.51. The second-order valence-electron chi connectivity index (χ2n) is 4.25. The highest BCUT2D eigenvalue weighted by Gasteiger charge is 2.44. The lowest BCUT2D eigenvalue weighted by Gasteiger charge is -2.23. The van der Waals surface area contributed by atoms with Crippen LogP contribution in [-0.2, 0) is 9.53 Å². The molecular formula is C12H11ClFNO4. The molecule has 0 saturated carbocycles. The summed E-state index contributed by atoms with van der Waals surface area (Å²) >= 11 is 5.58. The van der Waals surface area contributed by atoms with Gasteiger partial charge in [0, 0.05) is 13.0 Å².